The SMILES string of the molecule is CCCC[SiH](N=[N+]=[N-])N=[N+]=[N-]. The van der Waals surface area contributed by atoms with E-state index in [1.165, 1.54) is 0 Å². The van der Waals surface area contributed by atoms with Gasteiger partial charge in [0, 0.05) is 0 Å². The van der Waals surface area contributed by atoms with E-state index in [0.717, 1.165) is 18.9 Å². The summed E-state index contributed by atoms with van der Waals surface area (Å²) in [5.41, 5.74) is 16.1. The van der Waals surface area contributed by atoms with Crippen LogP contribution in [0.2, 0.25) is 6.04 Å². The average Bonchev–Trinajstić information content (AvgIpc) is 2.01. The van der Waals surface area contributed by atoms with Gasteiger partial charge in [0.25, 0.3) is 0 Å². The normalized spacial score (nSPS) is 11.0. The highest BCUT2D eigenvalue weighted by molar-refractivity contribution is 6.54. The predicted molar refractivity (Wildman–Crippen MR) is 45.2 cm³/mol. The lowest BCUT2D eigenvalue weighted by Gasteiger charge is -1.97. The van der Waals surface area contributed by atoms with Crippen LogP contribution in [0, 0.1) is 0 Å². The summed E-state index contributed by atoms with van der Waals surface area (Å²) in [7, 11) is -1.83. The third-order valence-corrected chi connectivity index (χ3v) is 2.85. The first-order valence-electron chi connectivity index (χ1n) is 3.43. The largest absolute Gasteiger partial charge is 0.239 e. The number of hydrogen-bond acceptors (Lipinski definition) is 2. The topological polar surface area (TPSA) is 97.5 Å². The Morgan fingerprint density at radius 1 is 1.27 bits per heavy atom. The lowest BCUT2D eigenvalue weighted by atomic mass is 10.4. The lowest BCUT2D eigenvalue weighted by molar-refractivity contribution is 0.870. The van der Waals surface area contributed by atoms with E-state index in [0.29, 0.717) is 0 Å². The van der Waals surface area contributed by atoms with Crippen molar-refractivity contribution >= 4 is 9.12 Å². The van der Waals surface area contributed by atoms with Crippen molar-refractivity contribution in [2.75, 3.05) is 0 Å². The molecular formula is C4H10N6Si. The zero-order chi connectivity index (χ0) is 8.53. The second-order valence-corrected chi connectivity index (χ2v) is 4.03. The third kappa shape index (κ3) is 5.29. The van der Waals surface area contributed by atoms with Crippen molar-refractivity contribution in [3.8, 4) is 0 Å². The molecule has 0 aliphatic rings. The molecule has 0 unspecified atom stereocenters. The van der Waals surface area contributed by atoms with Gasteiger partial charge < -0.3 is 0 Å². The minimum absolute atomic E-state index is 0.768. The number of unbranched alkanes of at least 4 members (excludes halogenated alkanes) is 1. The summed E-state index contributed by atoms with van der Waals surface area (Å²) in [4.78, 5) is 5.26. The molecule has 0 atom stereocenters. The summed E-state index contributed by atoms with van der Waals surface area (Å²) in [6.45, 7) is 2.04. The van der Waals surface area contributed by atoms with Gasteiger partial charge in [0.2, 0.25) is 9.12 Å². The molecule has 11 heavy (non-hydrogen) atoms. The average molecular weight is 170 g/mol. The van der Waals surface area contributed by atoms with Crippen LogP contribution in [0.25, 0.3) is 20.9 Å². The highest BCUT2D eigenvalue weighted by Crippen LogP contribution is 2.03. The Morgan fingerprint density at radius 2 is 1.82 bits per heavy atom. The Kier molecular flexibility index (Phi) is 6.22. The van der Waals surface area contributed by atoms with Crippen molar-refractivity contribution in [2.24, 2.45) is 9.56 Å². The summed E-state index contributed by atoms with van der Waals surface area (Å²) in [6, 6.07) is 0.768. The smallest absolute Gasteiger partial charge is 0.121 e. The predicted octanol–water partition coefficient (Wildman–Crippen LogP) is 2.63. The summed E-state index contributed by atoms with van der Waals surface area (Å²) in [5, 5.41) is 0. The maximum Gasteiger partial charge on any atom is 0.239 e. The van der Waals surface area contributed by atoms with Crippen LogP contribution in [0.4, 0.5) is 0 Å². The molecule has 0 spiro atoms. The molecule has 0 saturated heterocycles. The Morgan fingerprint density at radius 3 is 2.18 bits per heavy atom. The zero-order valence-electron chi connectivity index (χ0n) is 6.38. The number of azide groups is 1. The minimum Gasteiger partial charge on any atom is -0.121 e. The molecule has 0 amide bonds. The van der Waals surface area contributed by atoms with Gasteiger partial charge in [0.05, 0.1) is 0 Å². The minimum atomic E-state index is -1.83. The van der Waals surface area contributed by atoms with E-state index in [2.05, 4.69) is 19.4 Å². The van der Waals surface area contributed by atoms with E-state index in [4.69, 9.17) is 11.1 Å². The van der Waals surface area contributed by atoms with E-state index < -0.39 is 9.12 Å². The van der Waals surface area contributed by atoms with E-state index in [1.807, 2.05) is 6.92 Å². The monoisotopic (exact) mass is 170 g/mol. The van der Waals surface area contributed by atoms with Gasteiger partial charge in [-0.2, -0.15) is 0 Å². The molecule has 0 saturated carbocycles. The molecule has 0 heterocycles. The Bertz CT molecular complexity index is 173. The van der Waals surface area contributed by atoms with E-state index in [9.17, 15) is 0 Å². The van der Waals surface area contributed by atoms with E-state index in [-0.39, 0.29) is 0 Å². The van der Waals surface area contributed by atoms with Crippen molar-refractivity contribution in [1.29, 1.82) is 0 Å². The van der Waals surface area contributed by atoms with Crippen molar-refractivity contribution in [1.82, 2.24) is 0 Å². The van der Waals surface area contributed by atoms with Crippen molar-refractivity contribution in [2.45, 2.75) is 25.8 Å². The Hall–Kier alpha value is -1.16. The fraction of sp³-hybridized carbons (Fsp3) is 1.00. The molecule has 0 fully saturated rings. The van der Waals surface area contributed by atoms with Gasteiger partial charge in [0.1, 0.15) is 0 Å². The van der Waals surface area contributed by atoms with Crippen LogP contribution in [0.3, 0.4) is 0 Å². The van der Waals surface area contributed by atoms with Gasteiger partial charge in [0.15, 0.2) is 0 Å². The first kappa shape index (κ1) is 9.84. The fourth-order valence-corrected chi connectivity index (χ4v) is 1.93. The van der Waals surface area contributed by atoms with Crippen LogP contribution in [0.1, 0.15) is 19.8 Å². The van der Waals surface area contributed by atoms with Crippen LogP contribution in [0.5, 0.6) is 0 Å². The lowest BCUT2D eigenvalue weighted by Crippen LogP contribution is -2.02. The van der Waals surface area contributed by atoms with Gasteiger partial charge in [-0.25, -0.2) is 0 Å². The van der Waals surface area contributed by atoms with Crippen LogP contribution < -0.4 is 0 Å². The molecule has 0 aromatic carbocycles. The molecule has 0 N–H and O–H groups in total. The second-order valence-electron chi connectivity index (χ2n) is 2.03. The molecule has 0 aromatic rings. The van der Waals surface area contributed by atoms with E-state index in [1.54, 1.807) is 0 Å². The summed E-state index contributed by atoms with van der Waals surface area (Å²) in [6.07, 6.45) is 2.00. The zero-order valence-corrected chi connectivity index (χ0v) is 7.54. The maximum atomic E-state index is 8.07. The molecule has 0 rings (SSSR count). The van der Waals surface area contributed by atoms with E-state index >= 15 is 0 Å². The van der Waals surface area contributed by atoms with Gasteiger partial charge in [-0.05, 0) is 20.9 Å². The van der Waals surface area contributed by atoms with Crippen LogP contribution in [-0.4, -0.2) is 9.12 Å². The van der Waals surface area contributed by atoms with Gasteiger partial charge in [-0.1, -0.05) is 25.8 Å². The van der Waals surface area contributed by atoms with Crippen molar-refractivity contribution < 1.29 is 0 Å². The number of hydrogen-bond donors (Lipinski definition) is 0. The standard InChI is InChI=1S/C4H10N6Si/c1-2-3-4-11(9-7-5)10-8-6/h11H,2-4H2,1H3. The molecular weight excluding hydrogens is 160 g/mol. The third-order valence-electron chi connectivity index (χ3n) is 1.19. The summed E-state index contributed by atoms with van der Waals surface area (Å²) < 4.78 is 6.90. The van der Waals surface area contributed by atoms with Crippen LogP contribution >= 0.6 is 0 Å². The first-order chi connectivity index (χ1) is 5.35. The summed E-state index contributed by atoms with van der Waals surface area (Å²) >= 11 is 0. The molecule has 0 radical (unpaired) electrons. The quantitative estimate of drug-likeness (QED) is 0.262. The number of nitrogens with zero attached hydrogens (tertiary/aromatic N) is 6. The van der Waals surface area contributed by atoms with Gasteiger partial charge in [-0.3, -0.25) is 0 Å². The fourth-order valence-electron chi connectivity index (χ4n) is 0.644. The van der Waals surface area contributed by atoms with Gasteiger partial charge >= 0.3 is 0 Å². The molecule has 0 aromatic heterocycles. The molecule has 6 nitrogen and oxygen atoms in total. The van der Waals surface area contributed by atoms with Crippen molar-refractivity contribution in [3.63, 3.8) is 0 Å². The molecule has 60 valence electrons. The molecule has 0 aliphatic carbocycles. The highest BCUT2D eigenvalue weighted by Gasteiger charge is 2.03. The Labute approximate surface area is 66.2 Å². The first-order valence-corrected chi connectivity index (χ1v) is 5.28. The second kappa shape index (κ2) is 6.95. The highest BCUT2D eigenvalue weighted by atomic mass is 28.3. The molecule has 0 bridgehead atoms. The maximum absolute atomic E-state index is 8.07. The molecule has 7 heteroatoms. The number of rotatable bonds is 5. The van der Waals surface area contributed by atoms with Gasteiger partial charge in [-0.15, -0.1) is 9.56 Å². The van der Waals surface area contributed by atoms with Crippen LogP contribution in [-0.2, 0) is 0 Å². The molecule has 0 aliphatic heterocycles. The summed E-state index contributed by atoms with van der Waals surface area (Å²) in [5.74, 6) is 0. The van der Waals surface area contributed by atoms with Crippen LogP contribution in [0.15, 0.2) is 9.56 Å². The van der Waals surface area contributed by atoms with Crippen molar-refractivity contribution in [3.05, 3.63) is 20.9 Å². The Balaban J connectivity index is 3.88.